The zero-order valence-electron chi connectivity index (χ0n) is 14.8. The molecule has 0 spiro atoms. The molecule has 0 aliphatic heterocycles. The summed E-state index contributed by atoms with van der Waals surface area (Å²) in [7, 11) is 0. The Kier molecular flexibility index (Phi) is 5.91. The number of Topliss-reactive ketones (excluding diaryl/α,β-unsaturated/α-hetero) is 1. The van der Waals surface area contributed by atoms with Gasteiger partial charge in [-0.05, 0) is 36.6 Å². The Balaban J connectivity index is 1.58. The van der Waals surface area contributed by atoms with Gasteiger partial charge in [0.1, 0.15) is 23.1 Å². The van der Waals surface area contributed by atoms with E-state index in [4.69, 9.17) is 0 Å². The second kappa shape index (κ2) is 8.37. The molecule has 1 saturated carbocycles. The SMILES string of the molecule is O=C(NCc1cccc(OC(F)(F)F)c1)c1ccnc(CC(=O)C2CCC2)n1. The van der Waals surface area contributed by atoms with Gasteiger partial charge in [-0.3, -0.25) is 9.59 Å². The minimum Gasteiger partial charge on any atom is -0.406 e. The summed E-state index contributed by atoms with van der Waals surface area (Å²) in [4.78, 5) is 32.5. The summed E-state index contributed by atoms with van der Waals surface area (Å²) in [5.41, 5.74) is 0.527. The highest BCUT2D eigenvalue weighted by Crippen LogP contribution is 2.28. The summed E-state index contributed by atoms with van der Waals surface area (Å²) in [6.45, 7) is -0.00572. The van der Waals surface area contributed by atoms with Gasteiger partial charge >= 0.3 is 6.36 Å². The van der Waals surface area contributed by atoms with Crippen molar-refractivity contribution in [2.24, 2.45) is 5.92 Å². The highest BCUT2D eigenvalue weighted by atomic mass is 19.4. The van der Waals surface area contributed by atoms with Gasteiger partial charge < -0.3 is 10.1 Å². The minimum atomic E-state index is -4.78. The number of aromatic nitrogens is 2. The van der Waals surface area contributed by atoms with E-state index in [0.717, 1.165) is 19.3 Å². The van der Waals surface area contributed by atoms with Gasteiger partial charge in [0.15, 0.2) is 0 Å². The molecule has 9 heteroatoms. The molecule has 28 heavy (non-hydrogen) atoms. The third-order valence-electron chi connectivity index (χ3n) is 4.42. The minimum absolute atomic E-state index is 0.00572. The first-order valence-electron chi connectivity index (χ1n) is 8.78. The molecule has 1 aromatic carbocycles. The first kappa shape index (κ1) is 19.8. The van der Waals surface area contributed by atoms with Crippen LogP contribution in [0.4, 0.5) is 13.2 Å². The number of halogens is 3. The van der Waals surface area contributed by atoms with E-state index < -0.39 is 12.3 Å². The molecule has 0 unspecified atom stereocenters. The lowest BCUT2D eigenvalue weighted by molar-refractivity contribution is -0.274. The Morgan fingerprint density at radius 1 is 1.21 bits per heavy atom. The van der Waals surface area contributed by atoms with E-state index in [1.165, 1.54) is 30.5 Å². The standard InChI is InChI=1S/C19H18F3N3O3/c20-19(21,22)28-14-6-1-3-12(9-14)11-24-18(27)15-7-8-23-17(25-15)10-16(26)13-4-2-5-13/h1,3,6-9,13H,2,4-5,10-11H2,(H,24,27). The lowest BCUT2D eigenvalue weighted by Crippen LogP contribution is -2.26. The number of hydrogen-bond acceptors (Lipinski definition) is 5. The van der Waals surface area contributed by atoms with E-state index in [-0.39, 0.29) is 41.9 Å². The lowest BCUT2D eigenvalue weighted by Gasteiger charge is -2.23. The molecule has 1 aliphatic carbocycles. The number of nitrogens with zero attached hydrogens (tertiary/aromatic N) is 2. The van der Waals surface area contributed by atoms with Crippen LogP contribution in [0.3, 0.4) is 0 Å². The van der Waals surface area contributed by atoms with E-state index in [2.05, 4.69) is 20.0 Å². The number of rotatable bonds is 7. The van der Waals surface area contributed by atoms with Gasteiger partial charge in [-0.1, -0.05) is 18.6 Å². The fourth-order valence-electron chi connectivity index (χ4n) is 2.77. The van der Waals surface area contributed by atoms with Crippen LogP contribution in [0.2, 0.25) is 0 Å². The highest BCUT2D eigenvalue weighted by Gasteiger charge is 2.31. The molecule has 1 aliphatic rings. The van der Waals surface area contributed by atoms with Gasteiger partial charge in [-0.25, -0.2) is 9.97 Å². The van der Waals surface area contributed by atoms with Gasteiger partial charge in [-0.15, -0.1) is 13.2 Å². The predicted octanol–water partition coefficient (Wildman–Crippen LogP) is 3.22. The Morgan fingerprint density at radius 2 is 2.00 bits per heavy atom. The van der Waals surface area contributed by atoms with Crippen LogP contribution >= 0.6 is 0 Å². The molecule has 1 fully saturated rings. The van der Waals surface area contributed by atoms with Gasteiger partial charge in [0.2, 0.25) is 0 Å². The van der Waals surface area contributed by atoms with Crippen molar-refractivity contribution in [2.75, 3.05) is 0 Å². The number of nitrogens with one attached hydrogen (secondary N) is 1. The number of carbonyl (C=O) groups is 2. The molecule has 1 aromatic heterocycles. The van der Waals surface area contributed by atoms with Crippen molar-refractivity contribution in [1.82, 2.24) is 15.3 Å². The van der Waals surface area contributed by atoms with Gasteiger partial charge in [0.05, 0.1) is 6.42 Å². The van der Waals surface area contributed by atoms with Gasteiger partial charge in [-0.2, -0.15) is 0 Å². The molecule has 148 valence electrons. The van der Waals surface area contributed by atoms with E-state index in [9.17, 15) is 22.8 Å². The molecular formula is C19H18F3N3O3. The maximum absolute atomic E-state index is 12.3. The summed E-state index contributed by atoms with van der Waals surface area (Å²) in [5, 5.41) is 2.58. The molecular weight excluding hydrogens is 375 g/mol. The molecule has 0 radical (unpaired) electrons. The average molecular weight is 393 g/mol. The van der Waals surface area contributed by atoms with Crippen molar-refractivity contribution >= 4 is 11.7 Å². The molecule has 2 aromatic rings. The number of amides is 1. The van der Waals surface area contributed by atoms with Crippen LogP contribution in [0.25, 0.3) is 0 Å². The van der Waals surface area contributed by atoms with Gasteiger partial charge in [0, 0.05) is 18.7 Å². The van der Waals surface area contributed by atoms with Crippen LogP contribution in [-0.2, 0) is 17.8 Å². The van der Waals surface area contributed by atoms with Gasteiger partial charge in [0.25, 0.3) is 5.91 Å². The van der Waals surface area contributed by atoms with Crippen LogP contribution in [-0.4, -0.2) is 28.0 Å². The first-order chi connectivity index (χ1) is 13.3. The third-order valence-corrected chi connectivity index (χ3v) is 4.42. The number of benzene rings is 1. The number of alkyl halides is 3. The molecule has 6 nitrogen and oxygen atoms in total. The van der Waals surface area contributed by atoms with Crippen molar-refractivity contribution in [2.45, 2.75) is 38.6 Å². The molecule has 3 rings (SSSR count). The molecule has 0 saturated heterocycles. The van der Waals surface area contributed by atoms with E-state index in [1.807, 2.05) is 0 Å². The number of ether oxygens (including phenoxy) is 1. The molecule has 0 bridgehead atoms. The fraction of sp³-hybridized carbons (Fsp3) is 0.368. The lowest BCUT2D eigenvalue weighted by atomic mass is 9.81. The average Bonchev–Trinajstić information content (AvgIpc) is 2.57. The van der Waals surface area contributed by atoms with Crippen LogP contribution in [0.1, 0.15) is 41.1 Å². The Morgan fingerprint density at radius 3 is 2.68 bits per heavy atom. The van der Waals surface area contributed by atoms with E-state index in [0.29, 0.717) is 5.56 Å². The van der Waals surface area contributed by atoms with E-state index in [1.54, 1.807) is 6.07 Å². The van der Waals surface area contributed by atoms with Crippen molar-refractivity contribution in [1.29, 1.82) is 0 Å². The normalized spacial score (nSPS) is 14.2. The Hall–Kier alpha value is -2.97. The molecule has 1 amide bonds. The summed E-state index contributed by atoms with van der Waals surface area (Å²) < 4.78 is 40.7. The summed E-state index contributed by atoms with van der Waals surface area (Å²) in [6, 6.07) is 6.74. The maximum atomic E-state index is 12.3. The van der Waals surface area contributed by atoms with Crippen molar-refractivity contribution in [3.8, 4) is 5.75 Å². The summed E-state index contributed by atoms with van der Waals surface area (Å²) in [6.07, 6.45) is -0.469. The van der Waals surface area contributed by atoms with Crippen molar-refractivity contribution < 1.29 is 27.5 Å². The number of ketones is 1. The zero-order chi connectivity index (χ0) is 20.1. The third kappa shape index (κ3) is 5.51. The monoisotopic (exact) mass is 393 g/mol. The highest BCUT2D eigenvalue weighted by molar-refractivity contribution is 5.92. The van der Waals surface area contributed by atoms with Crippen molar-refractivity contribution in [3.63, 3.8) is 0 Å². The van der Waals surface area contributed by atoms with Crippen LogP contribution in [0, 0.1) is 5.92 Å². The smallest absolute Gasteiger partial charge is 0.406 e. The predicted molar refractivity (Wildman–Crippen MR) is 92.4 cm³/mol. The summed E-state index contributed by atoms with van der Waals surface area (Å²) >= 11 is 0. The van der Waals surface area contributed by atoms with Crippen LogP contribution < -0.4 is 10.1 Å². The molecule has 1 heterocycles. The fourth-order valence-corrected chi connectivity index (χ4v) is 2.77. The molecule has 1 N–H and O–H groups in total. The number of carbonyl (C=O) groups excluding carboxylic acids is 2. The van der Waals surface area contributed by atoms with E-state index >= 15 is 0 Å². The Labute approximate surface area is 159 Å². The second-order valence-corrected chi connectivity index (χ2v) is 6.51. The quantitative estimate of drug-likeness (QED) is 0.781. The topological polar surface area (TPSA) is 81.2 Å². The summed E-state index contributed by atoms with van der Waals surface area (Å²) in [5.74, 6) is -0.456. The molecule has 0 atom stereocenters. The van der Waals surface area contributed by atoms with Crippen LogP contribution in [0.15, 0.2) is 36.5 Å². The zero-order valence-corrected chi connectivity index (χ0v) is 14.8. The Bertz CT molecular complexity index is 867. The van der Waals surface area contributed by atoms with Crippen LogP contribution in [0.5, 0.6) is 5.75 Å². The van der Waals surface area contributed by atoms with Crippen molar-refractivity contribution in [3.05, 3.63) is 53.6 Å². The first-order valence-corrected chi connectivity index (χ1v) is 8.78. The maximum Gasteiger partial charge on any atom is 0.573 e. The largest absolute Gasteiger partial charge is 0.573 e. The second-order valence-electron chi connectivity index (χ2n) is 6.51. The number of hydrogen-bond donors (Lipinski definition) is 1.